The molecule has 1 aromatic rings. The fraction of sp³-hybridized carbons (Fsp3) is 0.636. The highest BCUT2D eigenvalue weighted by Gasteiger charge is 2.29. The monoisotopic (exact) mass is 373 g/mol. The van der Waals surface area contributed by atoms with Crippen LogP contribution in [0.5, 0.6) is 0 Å². The fourth-order valence-electron chi connectivity index (χ4n) is 3.42. The smallest absolute Gasteiger partial charge is 0.225 e. The lowest BCUT2D eigenvalue weighted by Crippen LogP contribution is -2.37. The van der Waals surface area contributed by atoms with Crippen molar-refractivity contribution in [1.82, 2.24) is 4.90 Å². The van der Waals surface area contributed by atoms with E-state index in [2.05, 4.69) is 24.1 Å². The van der Waals surface area contributed by atoms with E-state index in [0.717, 1.165) is 36.3 Å². The van der Waals surface area contributed by atoms with Crippen molar-refractivity contribution in [3.8, 4) is 0 Å². The maximum absolute atomic E-state index is 13.1. The molecule has 150 valence electrons. The van der Waals surface area contributed by atoms with Gasteiger partial charge in [0.2, 0.25) is 11.8 Å². The van der Waals surface area contributed by atoms with Crippen LogP contribution in [0, 0.1) is 11.8 Å². The second-order valence-corrected chi connectivity index (χ2v) is 7.82. The quantitative estimate of drug-likeness (QED) is 0.666. The molecule has 0 aliphatic heterocycles. The lowest BCUT2D eigenvalue weighted by molar-refractivity contribution is -0.136. The van der Waals surface area contributed by atoms with E-state index in [1.54, 1.807) is 0 Å². The van der Waals surface area contributed by atoms with E-state index in [0.29, 0.717) is 18.9 Å². The summed E-state index contributed by atoms with van der Waals surface area (Å²) in [5, 5.41) is 2.94. The standard InChI is InChI=1S/C22H35N3O2/c1-6-17(7-2)22(27)25(14-16-9-10-16)15-18-13-19(23-21(26)8-3)11-12-20(18)24(4)5/h11-13,16-17H,6-10,14-15H2,1-5H3,(H,23,26). The Labute approximate surface area is 164 Å². The molecule has 0 spiro atoms. The van der Waals surface area contributed by atoms with Crippen molar-refractivity contribution >= 4 is 23.2 Å². The average molecular weight is 374 g/mol. The van der Waals surface area contributed by atoms with Gasteiger partial charge in [-0.15, -0.1) is 0 Å². The molecular formula is C22H35N3O2. The topological polar surface area (TPSA) is 52.7 Å². The zero-order valence-electron chi connectivity index (χ0n) is 17.5. The van der Waals surface area contributed by atoms with Gasteiger partial charge >= 0.3 is 0 Å². The van der Waals surface area contributed by atoms with Crippen LogP contribution in [-0.4, -0.2) is 37.4 Å². The molecule has 0 unspecified atom stereocenters. The van der Waals surface area contributed by atoms with Crippen LogP contribution < -0.4 is 10.2 Å². The van der Waals surface area contributed by atoms with Crippen molar-refractivity contribution in [3.05, 3.63) is 23.8 Å². The van der Waals surface area contributed by atoms with Gasteiger partial charge in [0, 0.05) is 50.9 Å². The summed E-state index contributed by atoms with van der Waals surface area (Å²) in [5.74, 6) is 1.00. The number of anilines is 2. The van der Waals surface area contributed by atoms with Crippen LogP contribution in [0.1, 0.15) is 58.4 Å². The zero-order chi connectivity index (χ0) is 20.0. The number of amides is 2. The maximum atomic E-state index is 13.1. The fourth-order valence-corrected chi connectivity index (χ4v) is 3.42. The molecule has 1 saturated carbocycles. The number of nitrogens with zero attached hydrogens (tertiary/aromatic N) is 2. The van der Waals surface area contributed by atoms with E-state index in [4.69, 9.17) is 0 Å². The first-order valence-corrected chi connectivity index (χ1v) is 10.3. The molecule has 1 aromatic carbocycles. The van der Waals surface area contributed by atoms with Crippen LogP contribution in [-0.2, 0) is 16.1 Å². The third-order valence-corrected chi connectivity index (χ3v) is 5.35. The Morgan fingerprint density at radius 1 is 1.15 bits per heavy atom. The molecule has 0 bridgehead atoms. The molecule has 2 rings (SSSR count). The van der Waals surface area contributed by atoms with E-state index in [9.17, 15) is 9.59 Å². The van der Waals surface area contributed by atoms with Crippen molar-refractivity contribution in [3.63, 3.8) is 0 Å². The molecule has 2 amide bonds. The van der Waals surface area contributed by atoms with Crippen molar-refractivity contribution in [1.29, 1.82) is 0 Å². The first-order valence-electron chi connectivity index (χ1n) is 10.3. The SMILES string of the molecule is CCC(=O)Nc1ccc(N(C)C)c(CN(CC2CC2)C(=O)C(CC)CC)c1. The summed E-state index contributed by atoms with van der Waals surface area (Å²) in [4.78, 5) is 29.0. The zero-order valence-corrected chi connectivity index (χ0v) is 17.5. The van der Waals surface area contributed by atoms with Gasteiger partial charge < -0.3 is 15.1 Å². The summed E-state index contributed by atoms with van der Waals surface area (Å²) >= 11 is 0. The van der Waals surface area contributed by atoms with E-state index in [1.807, 2.05) is 44.1 Å². The van der Waals surface area contributed by atoms with Gasteiger partial charge in [0.15, 0.2) is 0 Å². The number of hydrogen-bond donors (Lipinski definition) is 1. The van der Waals surface area contributed by atoms with Crippen molar-refractivity contribution in [2.75, 3.05) is 30.9 Å². The predicted octanol–water partition coefficient (Wildman–Crippen LogP) is 4.28. The van der Waals surface area contributed by atoms with E-state index >= 15 is 0 Å². The summed E-state index contributed by atoms with van der Waals surface area (Å²) in [6, 6.07) is 5.97. The first kappa shape index (κ1) is 21.3. The van der Waals surface area contributed by atoms with Crippen molar-refractivity contribution < 1.29 is 9.59 Å². The van der Waals surface area contributed by atoms with E-state index in [1.165, 1.54) is 12.8 Å². The van der Waals surface area contributed by atoms with E-state index in [-0.39, 0.29) is 17.7 Å². The maximum Gasteiger partial charge on any atom is 0.225 e. The molecule has 1 aliphatic carbocycles. The highest BCUT2D eigenvalue weighted by Crippen LogP contribution is 2.32. The number of benzene rings is 1. The molecule has 0 aromatic heterocycles. The first-order chi connectivity index (χ1) is 12.9. The van der Waals surface area contributed by atoms with Gasteiger partial charge in [-0.2, -0.15) is 0 Å². The van der Waals surface area contributed by atoms with Gasteiger partial charge in [-0.1, -0.05) is 20.8 Å². The highest BCUT2D eigenvalue weighted by molar-refractivity contribution is 5.91. The second kappa shape index (κ2) is 9.77. The summed E-state index contributed by atoms with van der Waals surface area (Å²) in [7, 11) is 4.02. The third kappa shape index (κ3) is 5.98. The Morgan fingerprint density at radius 2 is 1.81 bits per heavy atom. The van der Waals surface area contributed by atoms with Gasteiger partial charge in [-0.25, -0.2) is 0 Å². The van der Waals surface area contributed by atoms with Gasteiger partial charge in [0.1, 0.15) is 0 Å². The number of hydrogen-bond acceptors (Lipinski definition) is 3. The minimum absolute atomic E-state index is 0.00139. The molecule has 0 atom stereocenters. The van der Waals surface area contributed by atoms with Crippen LogP contribution in [0.25, 0.3) is 0 Å². The Balaban J connectivity index is 2.28. The Bertz CT molecular complexity index is 649. The molecule has 5 nitrogen and oxygen atoms in total. The Hall–Kier alpha value is -2.04. The van der Waals surface area contributed by atoms with Gasteiger partial charge in [0.05, 0.1) is 0 Å². The van der Waals surface area contributed by atoms with E-state index < -0.39 is 0 Å². The van der Waals surface area contributed by atoms with Crippen molar-refractivity contribution in [2.24, 2.45) is 11.8 Å². The normalized spacial score (nSPS) is 13.6. The molecule has 27 heavy (non-hydrogen) atoms. The second-order valence-electron chi connectivity index (χ2n) is 7.82. The minimum atomic E-state index is 0.00139. The van der Waals surface area contributed by atoms with Crippen LogP contribution in [0.4, 0.5) is 11.4 Å². The largest absolute Gasteiger partial charge is 0.377 e. The average Bonchev–Trinajstić information content (AvgIpc) is 3.46. The summed E-state index contributed by atoms with van der Waals surface area (Å²) in [6.45, 7) is 7.46. The van der Waals surface area contributed by atoms with Crippen LogP contribution in [0.3, 0.4) is 0 Å². The molecule has 0 heterocycles. The van der Waals surface area contributed by atoms with Crippen LogP contribution >= 0.6 is 0 Å². The number of carbonyl (C=O) groups excluding carboxylic acids is 2. The lowest BCUT2D eigenvalue weighted by atomic mass is 10.0. The molecule has 1 N–H and O–H groups in total. The molecule has 0 saturated heterocycles. The van der Waals surface area contributed by atoms with Crippen LogP contribution in [0.2, 0.25) is 0 Å². The van der Waals surface area contributed by atoms with Gasteiger partial charge in [0.25, 0.3) is 0 Å². The Morgan fingerprint density at radius 3 is 2.33 bits per heavy atom. The molecule has 0 radical (unpaired) electrons. The summed E-state index contributed by atoms with van der Waals surface area (Å²) < 4.78 is 0. The third-order valence-electron chi connectivity index (χ3n) is 5.35. The predicted molar refractivity (Wildman–Crippen MR) is 112 cm³/mol. The van der Waals surface area contributed by atoms with Gasteiger partial charge in [-0.05, 0) is 55.4 Å². The molecule has 1 fully saturated rings. The Kier molecular flexibility index (Phi) is 7.69. The van der Waals surface area contributed by atoms with Crippen molar-refractivity contribution in [2.45, 2.75) is 59.4 Å². The molecule has 1 aliphatic rings. The molecule has 5 heteroatoms. The summed E-state index contributed by atoms with van der Waals surface area (Å²) in [6.07, 6.45) is 4.65. The van der Waals surface area contributed by atoms with Crippen LogP contribution in [0.15, 0.2) is 18.2 Å². The number of rotatable bonds is 10. The molecular weight excluding hydrogens is 338 g/mol. The lowest BCUT2D eigenvalue weighted by Gasteiger charge is -2.29. The number of carbonyl (C=O) groups is 2. The minimum Gasteiger partial charge on any atom is -0.377 e. The highest BCUT2D eigenvalue weighted by atomic mass is 16.2. The summed E-state index contributed by atoms with van der Waals surface area (Å²) in [5.41, 5.74) is 2.96. The number of nitrogens with one attached hydrogen (secondary N) is 1. The van der Waals surface area contributed by atoms with Gasteiger partial charge in [-0.3, -0.25) is 9.59 Å².